The summed E-state index contributed by atoms with van der Waals surface area (Å²) in [4.78, 5) is 25.4. The third-order valence-electron chi connectivity index (χ3n) is 4.68. The fourth-order valence-electron chi connectivity index (χ4n) is 3.10. The molecule has 7 nitrogen and oxygen atoms in total. The van der Waals surface area contributed by atoms with E-state index in [9.17, 15) is 14.7 Å². The van der Waals surface area contributed by atoms with Crippen molar-refractivity contribution in [2.45, 2.75) is 0 Å². The summed E-state index contributed by atoms with van der Waals surface area (Å²) >= 11 is 0. The minimum Gasteiger partial charge on any atom is -0.508 e. The monoisotopic (exact) mass is 418 g/mol. The second-order valence-corrected chi connectivity index (χ2v) is 6.64. The zero-order valence-electron chi connectivity index (χ0n) is 16.7. The molecule has 0 spiro atoms. The van der Waals surface area contributed by atoms with Crippen LogP contribution in [0.3, 0.4) is 0 Å². The van der Waals surface area contributed by atoms with Gasteiger partial charge in [0.1, 0.15) is 39.7 Å². The lowest BCUT2D eigenvalue weighted by Crippen LogP contribution is -2.11. The lowest BCUT2D eigenvalue weighted by Gasteiger charge is -2.10. The maximum absolute atomic E-state index is 12.9. The second kappa shape index (κ2) is 8.23. The van der Waals surface area contributed by atoms with E-state index in [1.54, 1.807) is 43.5 Å². The molecule has 0 unspecified atom stereocenters. The number of phenolic OH excluding ortho intramolecular Hbond substituents is 1. The van der Waals surface area contributed by atoms with E-state index in [-0.39, 0.29) is 28.0 Å². The number of carbonyl (C=O) groups is 1. The zero-order chi connectivity index (χ0) is 22.0. The Bertz CT molecular complexity index is 1300. The van der Waals surface area contributed by atoms with E-state index in [0.29, 0.717) is 22.8 Å². The van der Waals surface area contributed by atoms with Crippen LogP contribution in [0.2, 0.25) is 0 Å². The third-order valence-corrected chi connectivity index (χ3v) is 4.68. The summed E-state index contributed by atoms with van der Waals surface area (Å²) in [5.74, 6) is 0.570. The van der Waals surface area contributed by atoms with Gasteiger partial charge in [0.05, 0.1) is 19.8 Å². The van der Waals surface area contributed by atoms with Crippen molar-refractivity contribution in [1.82, 2.24) is 0 Å². The van der Waals surface area contributed by atoms with Crippen LogP contribution in [0.15, 0.2) is 75.9 Å². The zero-order valence-corrected chi connectivity index (χ0v) is 16.7. The third kappa shape index (κ3) is 4.06. The summed E-state index contributed by atoms with van der Waals surface area (Å²) in [5, 5.41) is 10.1. The van der Waals surface area contributed by atoms with Crippen molar-refractivity contribution in [1.29, 1.82) is 0 Å². The molecular formula is C24H18O7. The van der Waals surface area contributed by atoms with E-state index in [0.717, 1.165) is 0 Å². The van der Waals surface area contributed by atoms with Gasteiger partial charge in [-0.15, -0.1) is 0 Å². The number of methoxy groups -OCH3 is 2. The van der Waals surface area contributed by atoms with Gasteiger partial charge in [0.2, 0.25) is 0 Å². The summed E-state index contributed by atoms with van der Waals surface area (Å²) in [6.07, 6.45) is 0. The lowest BCUT2D eigenvalue weighted by molar-refractivity contribution is 0.0737. The van der Waals surface area contributed by atoms with Gasteiger partial charge in [-0.2, -0.15) is 0 Å². The molecule has 4 rings (SSSR count). The number of rotatable bonds is 5. The molecule has 1 N–H and O–H groups in total. The number of benzene rings is 3. The maximum Gasteiger partial charge on any atom is 0.343 e. The molecule has 0 atom stereocenters. The molecule has 0 amide bonds. The van der Waals surface area contributed by atoms with E-state index in [4.69, 9.17) is 18.6 Å². The van der Waals surface area contributed by atoms with Crippen LogP contribution in [-0.4, -0.2) is 25.3 Å². The van der Waals surface area contributed by atoms with Crippen molar-refractivity contribution < 1.29 is 28.5 Å². The molecule has 1 heterocycles. The minimum absolute atomic E-state index is 0.0527. The Morgan fingerprint density at radius 3 is 2.10 bits per heavy atom. The van der Waals surface area contributed by atoms with Gasteiger partial charge in [-0.3, -0.25) is 4.79 Å². The van der Waals surface area contributed by atoms with Gasteiger partial charge < -0.3 is 23.7 Å². The molecule has 0 aliphatic rings. The molecule has 0 saturated carbocycles. The molecule has 156 valence electrons. The van der Waals surface area contributed by atoms with E-state index in [2.05, 4.69) is 0 Å². The van der Waals surface area contributed by atoms with Crippen LogP contribution >= 0.6 is 0 Å². The van der Waals surface area contributed by atoms with Crippen LogP contribution in [-0.2, 0) is 0 Å². The molecule has 0 aliphatic carbocycles. The second-order valence-electron chi connectivity index (χ2n) is 6.64. The highest BCUT2D eigenvalue weighted by atomic mass is 16.5. The van der Waals surface area contributed by atoms with E-state index in [1.165, 1.54) is 37.4 Å². The first-order chi connectivity index (χ1) is 15.0. The Balaban J connectivity index is 1.74. The van der Waals surface area contributed by atoms with Gasteiger partial charge in [-0.1, -0.05) is 0 Å². The van der Waals surface area contributed by atoms with Gasteiger partial charge in [0, 0.05) is 23.8 Å². The SMILES string of the molecule is COc1ccc(C(=O)Oc2cc(O)cc3oc(-c4ccc(OC)cc4)cc(=O)c23)cc1. The number of hydrogen-bond acceptors (Lipinski definition) is 7. The molecule has 1 aromatic heterocycles. The molecule has 0 aliphatic heterocycles. The number of aromatic hydroxyl groups is 1. The average molecular weight is 418 g/mol. The number of fused-ring (bicyclic) bond motifs is 1. The largest absolute Gasteiger partial charge is 0.508 e. The molecule has 0 saturated heterocycles. The van der Waals surface area contributed by atoms with Crippen molar-refractivity contribution >= 4 is 16.9 Å². The topological polar surface area (TPSA) is 95.2 Å². The highest BCUT2D eigenvalue weighted by Crippen LogP contribution is 2.32. The molecular weight excluding hydrogens is 400 g/mol. The quantitative estimate of drug-likeness (QED) is 0.379. The van der Waals surface area contributed by atoms with Crippen molar-refractivity contribution in [3.63, 3.8) is 0 Å². The molecule has 7 heteroatoms. The van der Waals surface area contributed by atoms with Gasteiger partial charge in [0.25, 0.3) is 0 Å². The number of carbonyl (C=O) groups excluding carboxylic acids is 1. The fourth-order valence-corrected chi connectivity index (χ4v) is 3.10. The number of phenols is 1. The van der Waals surface area contributed by atoms with Crippen molar-refractivity contribution in [2.75, 3.05) is 14.2 Å². The number of ether oxygens (including phenoxy) is 3. The normalized spacial score (nSPS) is 10.6. The fraction of sp³-hybridized carbons (Fsp3) is 0.0833. The van der Waals surface area contributed by atoms with Crippen molar-refractivity contribution in [3.8, 4) is 34.3 Å². The van der Waals surface area contributed by atoms with E-state index >= 15 is 0 Å². The van der Waals surface area contributed by atoms with Gasteiger partial charge in [0.15, 0.2) is 5.43 Å². The van der Waals surface area contributed by atoms with E-state index < -0.39 is 11.4 Å². The Labute approximate surface area is 177 Å². The highest BCUT2D eigenvalue weighted by molar-refractivity contribution is 5.95. The smallest absolute Gasteiger partial charge is 0.343 e. The number of esters is 1. The molecule has 31 heavy (non-hydrogen) atoms. The highest BCUT2D eigenvalue weighted by Gasteiger charge is 2.17. The standard InChI is InChI=1S/C24H18O7/c1-28-17-7-3-14(4-8-17)20-13-19(26)23-21(30-20)11-16(25)12-22(23)31-24(27)15-5-9-18(29-2)10-6-15/h3-13,25H,1-2H3. The molecule has 3 aromatic carbocycles. The summed E-state index contributed by atoms with van der Waals surface area (Å²) in [5.41, 5.74) is 0.594. The summed E-state index contributed by atoms with van der Waals surface area (Å²) in [7, 11) is 3.08. The first-order valence-corrected chi connectivity index (χ1v) is 9.30. The van der Waals surface area contributed by atoms with Crippen LogP contribution in [0, 0.1) is 0 Å². The molecule has 4 aromatic rings. The maximum atomic E-state index is 12.9. The predicted octanol–water partition coefficient (Wildman–Crippen LogP) is 4.40. The summed E-state index contributed by atoms with van der Waals surface area (Å²) < 4.78 is 21.4. The lowest BCUT2D eigenvalue weighted by atomic mass is 10.1. The Kier molecular flexibility index (Phi) is 5.32. The minimum atomic E-state index is -0.687. The van der Waals surface area contributed by atoms with Crippen LogP contribution in [0.1, 0.15) is 10.4 Å². The van der Waals surface area contributed by atoms with Crippen LogP contribution in [0.5, 0.6) is 23.0 Å². The first kappa shape index (κ1) is 20.0. The summed E-state index contributed by atoms with van der Waals surface area (Å²) in [6.45, 7) is 0. The van der Waals surface area contributed by atoms with Gasteiger partial charge >= 0.3 is 5.97 Å². The van der Waals surface area contributed by atoms with Crippen LogP contribution in [0.4, 0.5) is 0 Å². The predicted molar refractivity (Wildman–Crippen MR) is 114 cm³/mol. The molecule has 0 bridgehead atoms. The molecule has 0 radical (unpaired) electrons. The Hall–Kier alpha value is -4.26. The average Bonchev–Trinajstić information content (AvgIpc) is 2.78. The number of hydrogen-bond donors (Lipinski definition) is 1. The Morgan fingerprint density at radius 2 is 1.48 bits per heavy atom. The van der Waals surface area contributed by atoms with Crippen LogP contribution in [0.25, 0.3) is 22.3 Å². The van der Waals surface area contributed by atoms with Crippen LogP contribution < -0.4 is 19.6 Å². The van der Waals surface area contributed by atoms with Crippen molar-refractivity contribution in [2.24, 2.45) is 0 Å². The Morgan fingerprint density at radius 1 is 0.871 bits per heavy atom. The van der Waals surface area contributed by atoms with Gasteiger partial charge in [-0.05, 0) is 48.5 Å². The van der Waals surface area contributed by atoms with Gasteiger partial charge in [-0.25, -0.2) is 4.79 Å². The summed E-state index contributed by atoms with van der Waals surface area (Å²) in [6, 6.07) is 17.1. The first-order valence-electron chi connectivity index (χ1n) is 9.30. The van der Waals surface area contributed by atoms with E-state index in [1.807, 2.05) is 0 Å². The van der Waals surface area contributed by atoms with Crippen molar-refractivity contribution in [3.05, 3.63) is 82.5 Å². The molecule has 0 fully saturated rings.